The Morgan fingerprint density at radius 2 is 1.96 bits per heavy atom. The van der Waals surface area contributed by atoms with Crippen molar-refractivity contribution < 1.29 is 4.79 Å². The van der Waals surface area contributed by atoms with Crippen molar-refractivity contribution in [3.63, 3.8) is 0 Å². The third-order valence-electron chi connectivity index (χ3n) is 4.21. The lowest BCUT2D eigenvalue weighted by atomic mass is 10.3. The Kier molecular flexibility index (Phi) is 4.88. The summed E-state index contributed by atoms with van der Waals surface area (Å²) in [6, 6.07) is 7.31. The van der Waals surface area contributed by atoms with Gasteiger partial charge in [0.15, 0.2) is 0 Å². The summed E-state index contributed by atoms with van der Waals surface area (Å²) in [6.07, 6.45) is 3.94. The molecule has 1 saturated heterocycles. The molecule has 24 heavy (non-hydrogen) atoms. The quantitative estimate of drug-likeness (QED) is 0.820. The van der Waals surface area contributed by atoms with Crippen molar-refractivity contribution >= 4 is 11.7 Å². The maximum atomic E-state index is 12.4. The van der Waals surface area contributed by atoms with E-state index in [1.807, 2.05) is 25.1 Å². The van der Waals surface area contributed by atoms with Crippen LogP contribution in [0.5, 0.6) is 0 Å². The highest BCUT2D eigenvalue weighted by atomic mass is 16.2. The molecule has 0 unspecified atom stereocenters. The van der Waals surface area contributed by atoms with Gasteiger partial charge in [-0.25, -0.2) is 9.97 Å². The fraction of sp³-hybridized carbons (Fsp3) is 0.412. The molecule has 2 aromatic rings. The number of hydrogen-bond donors (Lipinski definition) is 0. The largest absolute Gasteiger partial charge is 0.353 e. The summed E-state index contributed by atoms with van der Waals surface area (Å²) in [5.74, 6) is 0.879. The van der Waals surface area contributed by atoms with Crippen LogP contribution in [-0.2, 0) is 17.8 Å². The molecule has 1 amide bonds. The minimum atomic E-state index is -0.178. The average molecular weight is 327 g/mol. The summed E-state index contributed by atoms with van der Waals surface area (Å²) in [5.41, 5.74) is 0.565. The molecule has 7 nitrogen and oxygen atoms in total. The standard InChI is InChI=1S/C17H21N5O2/c1-2-14-11-16(23)22(13-19-14)12-17(24)21-9-7-20(8-10-21)15-5-3-4-6-18-15/h3-6,11,13H,2,7-10,12H2,1H3. The monoisotopic (exact) mass is 327 g/mol. The molecule has 3 heterocycles. The van der Waals surface area contributed by atoms with Crippen LogP contribution in [0, 0.1) is 0 Å². The van der Waals surface area contributed by atoms with E-state index in [1.54, 1.807) is 11.1 Å². The SMILES string of the molecule is CCc1cc(=O)n(CC(=O)N2CCN(c3ccccn3)CC2)cn1. The van der Waals surface area contributed by atoms with Gasteiger partial charge in [0, 0.05) is 44.1 Å². The van der Waals surface area contributed by atoms with Gasteiger partial charge in [-0.3, -0.25) is 14.2 Å². The second-order valence-corrected chi connectivity index (χ2v) is 5.76. The summed E-state index contributed by atoms with van der Waals surface area (Å²) in [7, 11) is 0. The Morgan fingerprint density at radius 3 is 2.58 bits per heavy atom. The predicted octanol–water partition coefficient (Wildman–Crippen LogP) is 0.549. The summed E-state index contributed by atoms with van der Waals surface area (Å²) in [5, 5.41) is 0. The van der Waals surface area contributed by atoms with E-state index in [0.717, 1.165) is 24.6 Å². The van der Waals surface area contributed by atoms with Crippen LogP contribution in [0.4, 0.5) is 5.82 Å². The van der Waals surface area contributed by atoms with Crippen LogP contribution in [-0.4, -0.2) is 51.5 Å². The first-order valence-corrected chi connectivity index (χ1v) is 8.16. The molecule has 126 valence electrons. The maximum absolute atomic E-state index is 12.4. The summed E-state index contributed by atoms with van der Waals surface area (Å²) >= 11 is 0. The molecule has 0 aliphatic carbocycles. The number of amides is 1. The molecular weight excluding hydrogens is 306 g/mol. The van der Waals surface area contributed by atoms with Crippen LogP contribution in [0.15, 0.2) is 41.6 Å². The van der Waals surface area contributed by atoms with Gasteiger partial charge in [0.05, 0.1) is 6.33 Å². The Bertz CT molecular complexity index is 751. The molecule has 0 bridgehead atoms. The van der Waals surface area contributed by atoms with E-state index in [4.69, 9.17) is 0 Å². The summed E-state index contributed by atoms with van der Waals surface area (Å²) in [6.45, 7) is 4.72. The second-order valence-electron chi connectivity index (χ2n) is 5.76. The lowest BCUT2D eigenvalue weighted by Gasteiger charge is -2.35. The fourth-order valence-electron chi connectivity index (χ4n) is 2.75. The highest BCUT2D eigenvalue weighted by molar-refractivity contribution is 5.76. The number of aromatic nitrogens is 3. The molecule has 0 atom stereocenters. The second kappa shape index (κ2) is 7.25. The van der Waals surface area contributed by atoms with E-state index in [2.05, 4.69) is 14.9 Å². The van der Waals surface area contributed by atoms with Gasteiger partial charge in [0.1, 0.15) is 12.4 Å². The molecule has 0 radical (unpaired) electrons. The highest BCUT2D eigenvalue weighted by Crippen LogP contribution is 2.12. The normalized spacial score (nSPS) is 14.7. The Balaban J connectivity index is 1.58. The maximum Gasteiger partial charge on any atom is 0.253 e. The van der Waals surface area contributed by atoms with Gasteiger partial charge in [-0.1, -0.05) is 13.0 Å². The molecule has 0 aromatic carbocycles. The van der Waals surface area contributed by atoms with E-state index in [1.165, 1.54) is 17.0 Å². The number of piperazine rings is 1. The van der Waals surface area contributed by atoms with Crippen LogP contribution in [0.1, 0.15) is 12.6 Å². The predicted molar refractivity (Wildman–Crippen MR) is 90.9 cm³/mol. The van der Waals surface area contributed by atoms with Crippen LogP contribution in [0.25, 0.3) is 0 Å². The Morgan fingerprint density at radius 1 is 1.17 bits per heavy atom. The van der Waals surface area contributed by atoms with E-state index in [-0.39, 0.29) is 18.0 Å². The molecule has 3 rings (SSSR count). The molecule has 0 saturated carbocycles. The summed E-state index contributed by atoms with van der Waals surface area (Å²) < 4.78 is 1.37. The molecule has 0 spiro atoms. The lowest BCUT2D eigenvalue weighted by molar-refractivity contribution is -0.132. The van der Waals surface area contributed by atoms with Gasteiger partial charge in [0.25, 0.3) is 5.56 Å². The van der Waals surface area contributed by atoms with Crippen LogP contribution in [0.3, 0.4) is 0 Å². The molecule has 0 N–H and O–H groups in total. The van der Waals surface area contributed by atoms with Crippen molar-refractivity contribution in [2.75, 3.05) is 31.1 Å². The van der Waals surface area contributed by atoms with Crippen molar-refractivity contribution in [3.8, 4) is 0 Å². The third-order valence-corrected chi connectivity index (χ3v) is 4.21. The van der Waals surface area contributed by atoms with Crippen molar-refractivity contribution in [3.05, 3.63) is 52.8 Å². The van der Waals surface area contributed by atoms with E-state index in [9.17, 15) is 9.59 Å². The van der Waals surface area contributed by atoms with Gasteiger partial charge >= 0.3 is 0 Å². The molecule has 7 heteroatoms. The van der Waals surface area contributed by atoms with Gasteiger partial charge < -0.3 is 9.80 Å². The zero-order chi connectivity index (χ0) is 16.9. The number of rotatable bonds is 4. The molecule has 1 aliphatic rings. The van der Waals surface area contributed by atoms with Crippen LogP contribution < -0.4 is 10.5 Å². The van der Waals surface area contributed by atoms with Crippen LogP contribution >= 0.6 is 0 Å². The number of carbonyl (C=O) groups is 1. The third kappa shape index (κ3) is 3.61. The molecular formula is C17H21N5O2. The number of anilines is 1. The van der Waals surface area contributed by atoms with Crippen molar-refractivity contribution in [2.24, 2.45) is 0 Å². The van der Waals surface area contributed by atoms with Gasteiger partial charge in [0.2, 0.25) is 5.91 Å². The number of pyridine rings is 1. The zero-order valence-electron chi connectivity index (χ0n) is 13.8. The number of carbonyl (C=O) groups excluding carboxylic acids is 1. The fourth-order valence-corrected chi connectivity index (χ4v) is 2.75. The van der Waals surface area contributed by atoms with E-state index < -0.39 is 0 Å². The van der Waals surface area contributed by atoms with Crippen LogP contribution in [0.2, 0.25) is 0 Å². The van der Waals surface area contributed by atoms with E-state index >= 15 is 0 Å². The minimum Gasteiger partial charge on any atom is -0.353 e. The molecule has 1 aliphatic heterocycles. The first-order chi connectivity index (χ1) is 11.7. The first-order valence-electron chi connectivity index (χ1n) is 8.16. The van der Waals surface area contributed by atoms with Crippen molar-refractivity contribution in [2.45, 2.75) is 19.9 Å². The average Bonchev–Trinajstić information content (AvgIpc) is 2.64. The first kappa shape index (κ1) is 16.2. The lowest BCUT2D eigenvalue weighted by Crippen LogP contribution is -2.50. The van der Waals surface area contributed by atoms with Gasteiger partial charge in [-0.05, 0) is 18.6 Å². The number of hydrogen-bond acceptors (Lipinski definition) is 5. The highest BCUT2D eigenvalue weighted by Gasteiger charge is 2.22. The zero-order valence-corrected chi connectivity index (χ0v) is 13.8. The Labute approximate surface area is 140 Å². The van der Waals surface area contributed by atoms with Crippen molar-refractivity contribution in [1.29, 1.82) is 0 Å². The smallest absolute Gasteiger partial charge is 0.253 e. The molecule has 2 aromatic heterocycles. The Hall–Kier alpha value is -2.70. The van der Waals surface area contributed by atoms with E-state index in [0.29, 0.717) is 19.5 Å². The topological polar surface area (TPSA) is 71.3 Å². The minimum absolute atomic E-state index is 0.0411. The van der Waals surface area contributed by atoms with Crippen molar-refractivity contribution in [1.82, 2.24) is 19.4 Å². The number of aryl methyl sites for hydroxylation is 1. The summed E-state index contributed by atoms with van der Waals surface area (Å²) in [4.78, 5) is 36.9. The molecule has 1 fully saturated rings. The van der Waals surface area contributed by atoms with Gasteiger partial charge in [-0.15, -0.1) is 0 Å². The van der Waals surface area contributed by atoms with Gasteiger partial charge in [-0.2, -0.15) is 0 Å². The number of nitrogens with zero attached hydrogens (tertiary/aromatic N) is 5.